The Hall–Kier alpha value is -1.01. The lowest BCUT2D eigenvalue weighted by atomic mass is 9.98. The standard InChI is InChI=1S/C14H16BrF2NO2/c15-11-4-5-12(16)10(14(11)17)8-18-6-2-1-3-9(18)7-13(19)20/h4-5,9H,1-3,6-8H2,(H,19,20). The second-order valence-corrected chi connectivity index (χ2v) is 5.89. The molecule has 3 nitrogen and oxygen atoms in total. The van der Waals surface area contributed by atoms with Crippen LogP contribution in [0.4, 0.5) is 8.78 Å². The normalized spacial score (nSPS) is 20.1. The van der Waals surface area contributed by atoms with E-state index < -0.39 is 17.6 Å². The fourth-order valence-corrected chi connectivity index (χ4v) is 2.99. The SMILES string of the molecule is O=C(O)CC1CCCCN1Cc1c(F)ccc(Br)c1F. The predicted molar refractivity (Wildman–Crippen MR) is 74.4 cm³/mol. The van der Waals surface area contributed by atoms with Crippen LogP contribution in [0.1, 0.15) is 31.2 Å². The van der Waals surface area contributed by atoms with Gasteiger partial charge in [-0.15, -0.1) is 0 Å². The molecule has 6 heteroatoms. The summed E-state index contributed by atoms with van der Waals surface area (Å²) in [7, 11) is 0. The summed E-state index contributed by atoms with van der Waals surface area (Å²) in [5.41, 5.74) is -0.00309. The van der Waals surface area contributed by atoms with Crippen molar-refractivity contribution in [2.75, 3.05) is 6.54 Å². The van der Waals surface area contributed by atoms with Gasteiger partial charge in [-0.2, -0.15) is 0 Å². The van der Waals surface area contributed by atoms with Crippen molar-refractivity contribution in [1.29, 1.82) is 0 Å². The van der Waals surface area contributed by atoms with Crippen LogP contribution >= 0.6 is 15.9 Å². The van der Waals surface area contributed by atoms with Crippen LogP contribution in [0.15, 0.2) is 16.6 Å². The van der Waals surface area contributed by atoms with Crippen molar-refractivity contribution in [2.45, 2.75) is 38.3 Å². The van der Waals surface area contributed by atoms with Crippen molar-refractivity contribution in [1.82, 2.24) is 4.90 Å². The minimum atomic E-state index is -0.878. The highest BCUT2D eigenvalue weighted by atomic mass is 79.9. The van der Waals surface area contributed by atoms with E-state index in [2.05, 4.69) is 15.9 Å². The quantitative estimate of drug-likeness (QED) is 0.846. The van der Waals surface area contributed by atoms with E-state index in [0.717, 1.165) is 19.3 Å². The van der Waals surface area contributed by atoms with Gasteiger partial charge in [-0.3, -0.25) is 9.69 Å². The van der Waals surface area contributed by atoms with Crippen LogP contribution in [0.5, 0.6) is 0 Å². The average Bonchev–Trinajstić information content (AvgIpc) is 2.40. The second kappa shape index (κ2) is 6.63. The van der Waals surface area contributed by atoms with E-state index in [1.165, 1.54) is 12.1 Å². The molecule has 2 rings (SSSR count). The summed E-state index contributed by atoms with van der Waals surface area (Å²) in [4.78, 5) is 12.7. The lowest BCUT2D eigenvalue weighted by molar-refractivity contribution is -0.138. The third-order valence-electron chi connectivity index (χ3n) is 3.66. The first-order valence-electron chi connectivity index (χ1n) is 6.57. The number of hydrogen-bond acceptors (Lipinski definition) is 2. The largest absolute Gasteiger partial charge is 0.481 e. The molecule has 0 saturated carbocycles. The molecule has 0 amide bonds. The van der Waals surface area contributed by atoms with Gasteiger partial charge in [-0.05, 0) is 47.4 Å². The van der Waals surface area contributed by atoms with Gasteiger partial charge in [0.25, 0.3) is 0 Å². The number of carboxylic acids is 1. The summed E-state index contributed by atoms with van der Waals surface area (Å²) >= 11 is 3.05. The summed E-state index contributed by atoms with van der Waals surface area (Å²) in [5, 5.41) is 8.92. The van der Waals surface area contributed by atoms with Gasteiger partial charge in [0.05, 0.1) is 10.9 Å². The minimum absolute atomic E-state index is 0.00309. The lowest BCUT2D eigenvalue weighted by Gasteiger charge is -2.35. The number of benzene rings is 1. The van der Waals surface area contributed by atoms with Gasteiger partial charge in [0, 0.05) is 18.2 Å². The molecule has 1 heterocycles. The number of carbonyl (C=O) groups is 1. The number of halogens is 3. The molecule has 110 valence electrons. The zero-order valence-electron chi connectivity index (χ0n) is 10.9. The highest BCUT2D eigenvalue weighted by Crippen LogP contribution is 2.27. The molecule has 0 aliphatic carbocycles. The third kappa shape index (κ3) is 3.55. The number of carboxylic acid groups (broad SMARTS) is 1. The van der Waals surface area contributed by atoms with Gasteiger partial charge in [-0.25, -0.2) is 8.78 Å². The van der Waals surface area contributed by atoms with Crippen LogP contribution in [-0.2, 0) is 11.3 Å². The van der Waals surface area contributed by atoms with Gasteiger partial charge < -0.3 is 5.11 Å². The van der Waals surface area contributed by atoms with E-state index in [0.29, 0.717) is 6.54 Å². The van der Waals surface area contributed by atoms with Crippen LogP contribution in [-0.4, -0.2) is 28.6 Å². The topological polar surface area (TPSA) is 40.5 Å². The fraction of sp³-hybridized carbons (Fsp3) is 0.500. The number of rotatable bonds is 4. The summed E-state index contributed by atoms with van der Waals surface area (Å²) in [5.74, 6) is -2.08. The Kier molecular flexibility index (Phi) is 5.10. The molecule has 0 aromatic heterocycles. The van der Waals surface area contributed by atoms with Crippen molar-refractivity contribution in [3.05, 3.63) is 33.8 Å². The van der Waals surface area contributed by atoms with Crippen LogP contribution in [0.25, 0.3) is 0 Å². The Balaban J connectivity index is 2.18. The van der Waals surface area contributed by atoms with Gasteiger partial charge >= 0.3 is 5.97 Å². The monoisotopic (exact) mass is 347 g/mol. The molecule has 1 aromatic rings. The van der Waals surface area contributed by atoms with E-state index >= 15 is 0 Å². The van der Waals surface area contributed by atoms with Crippen molar-refractivity contribution in [3.8, 4) is 0 Å². The maximum atomic E-state index is 14.0. The maximum absolute atomic E-state index is 14.0. The predicted octanol–water partition coefficient (Wildman–Crippen LogP) is 3.56. The van der Waals surface area contributed by atoms with Gasteiger partial charge in [0.15, 0.2) is 0 Å². The molecule has 1 aliphatic heterocycles. The summed E-state index contributed by atoms with van der Waals surface area (Å²) < 4.78 is 28.0. The van der Waals surface area contributed by atoms with Crippen molar-refractivity contribution in [3.63, 3.8) is 0 Å². The first-order valence-corrected chi connectivity index (χ1v) is 7.36. The molecular weight excluding hydrogens is 332 g/mol. The first kappa shape index (κ1) is 15.4. The van der Waals surface area contributed by atoms with E-state index in [4.69, 9.17) is 5.11 Å². The smallest absolute Gasteiger partial charge is 0.304 e. The molecule has 0 spiro atoms. The average molecular weight is 348 g/mol. The molecule has 1 unspecified atom stereocenters. The molecule has 0 radical (unpaired) electrons. The first-order chi connectivity index (χ1) is 9.49. The van der Waals surface area contributed by atoms with Crippen molar-refractivity contribution < 1.29 is 18.7 Å². The number of nitrogens with zero attached hydrogens (tertiary/aromatic N) is 1. The van der Waals surface area contributed by atoms with Gasteiger partial charge in [0.2, 0.25) is 0 Å². The van der Waals surface area contributed by atoms with E-state index in [1.807, 2.05) is 4.90 Å². The Morgan fingerprint density at radius 3 is 2.85 bits per heavy atom. The van der Waals surface area contributed by atoms with Crippen LogP contribution < -0.4 is 0 Å². The Labute approximate surface area is 124 Å². The zero-order valence-corrected chi connectivity index (χ0v) is 12.5. The second-order valence-electron chi connectivity index (χ2n) is 5.04. The number of hydrogen-bond donors (Lipinski definition) is 1. The third-order valence-corrected chi connectivity index (χ3v) is 4.27. The highest BCUT2D eigenvalue weighted by Gasteiger charge is 2.26. The molecule has 1 atom stereocenters. The van der Waals surface area contributed by atoms with Crippen LogP contribution in [0.3, 0.4) is 0 Å². The molecule has 1 fully saturated rings. The van der Waals surface area contributed by atoms with E-state index in [1.54, 1.807) is 0 Å². The summed E-state index contributed by atoms with van der Waals surface area (Å²) in [6.45, 7) is 0.776. The molecule has 1 N–H and O–H groups in total. The van der Waals surface area contributed by atoms with Crippen molar-refractivity contribution >= 4 is 21.9 Å². The molecule has 1 saturated heterocycles. The molecule has 1 aliphatic rings. The van der Waals surface area contributed by atoms with Crippen molar-refractivity contribution in [2.24, 2.45) is 0 Å². The zero-order chi connectivity index (χ0) is 14.7. The van der Waals surface area contributed by atoms with Crippen LogP contribution in [0.2, 0.25) is 0 Å². The Bertz CT molecular complexity index is 510. The number of piperidine rings is 1. The van der Waals surface area contributed by atoms with Gasteiger partial charge in [0.1, 0.15) is 11.6 Å². The Morgan fingerprint density at radius 1 is 1.40 bits per heavy atom. The molecule has 1 aromatic carbocycles. The molecule has 0 bridgehead atoms. The van der Waals surface area contributed by atoms with E-state index in [-0.39, 0.29) is 29.0 Å². The highest BCUT2D eigenvalue weighted by molar-refractivity contribution is 9.10. The van der Waals surface area contributed by atoms with Gasteiger partial charge in [-0.1, -0.05) is 6.42 Å². The summed E-state index contributed by atoms with van der Waals surface area (Å²) in [6.07, 6.45) is 2.64. The number of aliphatic carboxylic acids is 1. The van der Waals surface area contributed by atoms with Crippen LogP contribution in [0, 0.1) is 11.6 Å². The van der Waals surface area contributed by atoms with E-state index in [9.17, 15) is 13.6 Å². The number of likely N-dealkylation sites (tertiary alicyclic amines) is 1. The Morgan fingerprint density at radius 2 is 2.15 bits per heavy atom. The minimum Gasteiger partial charge on any atom is -0.481 e. The maximum Gasteiger partial charge on any atom is 0.304 e. The lowest BCUT2D eigenvalue weighted by Crippen LogP contribution is -2.40. The molecular formula is C14H16BrF2NO2. The summed E-state index contributed by atoms with van der Waals surface area (Å²) in [6, 6.07) is 2.40. The molecule has 20 heavy (non-hydrogen) atoms. The fourth-order valence-electron chi connectivity index (χ4n) is 2.62.